The van der Waals surface area contributed by atoms with Crippen LogP contribution in [0.5, 0.6) is 5.75 Å². The summed E-state index contributed by atoms with van der Waals surface area (Å²) in [4.78, 5) is 4.47. The molecule has 0 amide bonds. The van der Waals surface area contributed by atoms with Crippen molar-refractivity contribution in [1.29, 1.82) is 0 Å². The van der Waals surface area contributed by atoms with Crippen LogP contribution in [0, 0.1) is 0 Å². The van der Waals surface area contributed by atoms with Crippen molar-refractivity contribution in [3.05, 3.63) is 42.0 Å². The molecule has 8 nitrogen and oxygen atoms in total. The number of nitrogens with zero attached hydrogens (tertiary/aromatic N) is 4. The van der Waals surface area contributed by atoms with Crippen molar-refractivity contribution in [1.82, 2.24) is 25.4 Å². The molecule has 0 saturated heterocycles. The lowest BCUT2D eigenvalue weighted by Gasteiger charge is -2.17. The molecule has 2 rings (SSSR count). The van der Waals surface area contributed by atoms with Crippen molar-refractivity contribution in [3.8, 4) is 5.75 Å². The number of ether oxygens (including phenoxy) is 1. The van der Waals surface area contributed by atoms with E-state index < -0.39 is 6.10 Å². The van der Waals surface area contributed by atoms with Crippen LogP contribution in [0.3, 0.4) is 0 Å². The predicted octanol–water partition coefficient (Wildman–Crippen LogP) is 1.39. The maximum Gasteiger partial charge on any atom is 0.191 e. The molecule has 142 valence electrons. The Bertz CT molecular complexity index is 713. The molecule has 1 aromatic heterocycles. The summed E-state index contributed by atoms with van der Waals surface area (Å²) in [5.74, 6) is 2.13. The number of guanidine groups is 1. The quantitative estimate of drug-likeness (QED) is 0.486. The van der Waals surface area contributed by atoms with Gasteiger partial charge in [0, 0.05) is 20.1 Å². The summed E-state index contributed by atoms with van der Waals surface area (Å²) in [6.45, 7) is 7.39. The Kier molecular flexibility index (Phi) is 7.40. The van der Waals surface area contributed by atoms with Crippen LogP contribution >= 0.6 is 0 Å². The van der Waals surface area contributed by atoms with E-state index >= 15 is 0 Å². The van der Waals surface area contributed by atoms with Crippen LogP contribution < -0.4 is 15.4 Å². The molecule has 0 radical (unpaired) electrons. The third-order valence-corrected chi connectivity index (χ3v) is 3.61. The number of aryl methyl sites for hydroxylation is 1. The van der Waals surface area contributed by atoms with Gasteiger partial charge >= 0.3 is 0 Å². The van der Waals surface area contributed by atoms with Gasteiger partial charge in [0.2, 0.25) is 0 Å². The second kappa shape index (κ2) is 9.76. The van der Waals surface area contributed by atoms with Crippen LogP contribution in [0.1, 0.15) is 38.3 Å². The number of hydrogen-bond donors (Lipinski definition) is 3. The summed E-state index contributed by atoms with van der Waals surface area (Å²) >= 11 is 0. The van der Waals surface area contributed by atoms with Gasteiger partial charge in [0.05, 0.1) is 12.2 Å². The Labute approximate surface area is 154 Å². The van der Waals surface area contributed by atoms with E-state index in [1.165, 1.54) is 0 Å². The highest BCUT2D eigenvalue weighted by Gasteiger charge is 2.10. The fourth-order valence-electron chi connectivity index (χ4n) is 2.32. The first kappa shape index (κ1) is 19.7. The van der Waals surface area contributed by atoms with Gasteiger partial charge in [0.15, 0.2) is 11.8 Å². The summed E-state index contributed by atoms with van der Waals surface area (Å²) in [6.07, 6.45) is 1.05. The van der Waals surface area contributed by atoms with E-state index in [0.29, 0.717) is 19.0 Å². The van der Waals surface area contributed by atoms with E-state index in [4.69, 9.17) is 4.74 Å². The number of hydrogen-bond acceptors (Lipinski definition) is 5. The smallest absolute Gasteiger partial charge is 0.191 e. The van der Waals surface area contributed by atoms with E-state index in [1.807, 2.05) is 56.7 Å². The van der Waals surface area contributed by atoms with Gasteiger partial charge in [0.1, 0.15) is 18.6 Å². The van der Waals surface area contributed by atoms with Crippen LogP contribution in [0.15, 0.2) is 35.6 Å². The molecule has 1 unspecified atom stereocenters. The molecule has 0 spiro atoms. The lowest BCUT2D eigenvalue weighted by molar-refractivity contribution is 0.179. The summed E-state index contributed by atoms with van der Waals surface area (Å²) in [6, 6.07) is 7.50. The normalized spacial score (nSPS) is 12.9. The summed E-state index contributed by atoms with van der Waals surface area (Å²) in [5, 5.41) is 24.6. The molecule has 0 aliphatic rings. The van der Waals surface area contributed by atoms with E-state index in [1.54, 1.807) is 6.33 Å². The molecule has 0 fully saturated rings. The van der Waals surface area contributed by atoms with Crippen molar-refractivity contribution < 1.29 is 9.84 Å². The van der Waals surface area contributed by atoms with Gasteiger partial charge in [-0.2, -0.15) is 0 Å². The Balaban J connectivity index is 1.96. The Hall–Kier alpha value is -2.61. The fraction of sp³-hybridized carbons (Fsp3) is 0.500. The number of benzene rings is 1. The van der Waals surface area contributed by atoms with Crippen molar-refractivity contribution in [2.45, 2.75) is 39.5 Å². The standard InChI is InChI=1S/C18H28N6O2/c1-5-19-18(21-11-17-23-22-12-24(17)4)20-10-16(25)14-7-6-8-15(9-14)26-13(2)3/h6-9,12-13,16,25H,5,10-11H2,1-4H3,(H2,19,20,21). The van der Waals surface area contributed by atoms with Crippen LogP contribution in [0.2, 0.25) is 0 Å². The lowest BCUT2D eigenvalue weighted by atomic mass is 10.1. The number of aliphatic hydroxyl groups excluding tert-OH is 1. The monoisotopic (exact) mass is 360 g/mol. The fourth-order valence-corrected chi connectivity index (χ4v) is 2.32. The minimum Gasteiger partial charge on any atom is -0.491 e. The zero-order valence-corrected chi connectivity index (χ0v) is 15.8. The third-order valence-electron chi connectivity index (χ3n) is 3.61. The van der Waals surface area contributed by atoms with Crippen molar-refractivity contribution in [2.75, 3.05) is 13.1 Å². The molecule has 8 heteroatoms. The topological polar surface area (TPSA) is 96.6 Å². The Morgan fingerprint density at radius 3 is 2.81 bits per heavy atom. The van der Waals surface area contributed by atoms with Crippen LogP contribution in [-0.4, -0.2) is 45.0 Å². The zero-order chi connectivity index (χ0) is 18.9. The third kappa shape index (κ3) is 6.03. The van der Waals surface area contributed by atoms with Gasteiger partial charge in [-0.25, -0.2) is 4.99 Å². The highest BCUT2D eigenvalue weighted by atomic mass is 16.5. The Morgan fingerprint density at radius 1 is 1.35 bits per heavy atom. The minimum atomic E-state index is -0.676. The first-order valence-electron chi connectivity index (χ1n) is 8.79. The SMILES string of the molecule is CCNC(=NCc1nncn1C)NCC(O)c1cccc(OC(C)C)c1. The van der Waals surface area contributed by atoms with Crippen LogP contribution in [-0.2, 0) is 13.6 Å². The molecule has 2 aromatic rings. The van der Waals surface area contributed by atoms with Gasteiger partial charge in [-0.15, -0.1) is 10.2 Å². The van der Waals surface area contributed by atoms with E-state index in [0.717, 1.165) is 23.7 Å². The van der Waals surface area contributed by atoms with Gasteiger partial charge in [-0.3, -0.25) is 0 Å². The van der Waals surface area contributed by atoms with Gasteiger partial charge < -0.3 is 25.0 Å². The Morgan fingerprint density at radius 2 is 2.15 bits per heavy atom. The van der Waals surface area contributed by atoms with Gasteiger partial charge in [0.25, 0.3) is 0 Å². The molecule has 1 atom stereocenters. The first-order valence-corrected chi connectivity index (χ1v) is 8.79. The highest BCUT2D eigenvalue weighted by Crippen LogP contribution is 2.19. The molecule has 0 saturated carbocycles. The molecule has 0 aliphatic carbocycles. The van der Waals surface area contributed by atoms with Crippen molar-refractivity contribution in [2.24, 2.45) is 12.0 Å². The number of aromatic nitrogens is 3. The number of rotatable bonds is 8. The number of aliphatic hydroxyl groups is 1. The average Bonchev–Trinajstić information content (AvgIpc) is 3.01. The lowest BCUT2D eigenvalue weighted by Crippen LogP contribution is -2.39. The van der Waals surface area contributed by atoms with Gasteiger partial charge in [-0.1, -0.05) is 12.1 Å². The molecule has 26 heavy (non-hydrogen) atoms. The second-order valence-electron chi connectivity index (χ2n) is 6.19. The average molecular weight is 360 g/mol. The molecule has 0 bridgehead atoms. The summed E-state index contributed by atoms with van der Waals surface area (Å²) < 4.78 is 7.50. The van der Waals surface area contributed by atoms with E-state index in [-0.39, 0.29) is 6.10 Å². The number of aliphatic imine (C=N–C) groups is 1. The summed E-state index contributed by atoms with van der Waals surface area (Å²) in [5.41, 5.74) is 0.791. The number of nitrogens with one attached hydrogen (secondary N) is 2. The van der Waals surface area contributed by atoms with Crippen molar-refractivity contribution in [3.63, 3.8) is 0 Å². The highest BCUT2D eigenvalue weighted by molar-refractivity contribution is 5.79. The van der Waals surface area contributed by atoms with Gasteiger partial charge in [-0.05, 0) is 38.5 Å². The van der Waals surface area contributed by atoms with Crippen molar-refractivity contribution >= 4 is 5.96 Å². The maximum absolute atomic E-state index is 10.5. The van der Waals surface area contributed by atoms with Crippen LogP contribution in [0.25, 0.3) is 0 Å². The molecular formula is C18H28N6O2. The van der Waals surface area contributed by atoms with Crippen LogP contribution in [0.4, 0.5) is 0 Å². The minimum absolute atomic E-state index is 0.0913. The largest absolute Gasteiger partial charge is 0.491 e. The van der Waals surface area contributed by atoms with E-state index in [2.05, 4.69) is 25.8 Å². The summed E-state index contributed by atoms with van der Waals surface area (Å²) in [7, 11) is 1.88. The molecule has 1 heterocycles. The molecule has 0 aliphatic heterocycles. The zero-order valence-electron chi connectivity index (χ0n) is 15.8. The first-order chi connectivity index (χ1) is 12.5. The molecule has 3 N–H and O–H groups in total. The molecule has 1 aromatic carbocycles. The predicted molar refractivity (Wildman–Crippen MR) is 101 cm³/mol. The molecular weight excluding hydrogens is 332 g/mol. The van der Waals surface area contributed by atoms with E-state index in [9.17, 15) is 5.11 Å². The maximum atomic E-state index is 10.5. The second-order valence-corrected chi connectivity index (χ2v) is 6.19.